The average molecular weight is 399 g/mol. The molecule has 0 radical (unpaired) electrons. The number of thioether (sulfide) groups is 1. The van der Waals surface area contributed by atoms with E-state index in [0.717, 1.165) is 39.2 Å². The molecule has 0 saturated carbocycles. The molecule has 0 aliphatic carbocycles. The summed E-state index contributed by atoms with van der Waals surface area (Å²) in [7, 11) is 1.67. The summed E-state index contributed by atoms with van der Waals surface area (Å²) in [6.45, 7) is 2.10. The van der Waals surface area contributed by atoms with Gasteiger partial charge in [-0.3, -0.25) is 0 Å². The number of hydrogen-bond acceptors (Lipinski definition) is 4. The summed E-state index contributed by atoms with van der Waals surface area (Å²) < 4.78 is 5.28. The quantitative estimate of drug-likeness (QED) is 0.277. The molecule has 3 nitrogen and oxygen atoms in total. The van der Waals surface area contributed by atoms with E-state index in [9.17, 15) is 0 Å². The molecule has 1 aromatic heterocycles. The summed E-state index contributed by atoms with van der Waals surface area (Å²) >= 11 is 1.66. The van der Waals surface area contributed by atoms with Gasteiger partial charge < -0.3 is 4.74 Å². The lowest BCUT2D eigenvalue weighted by Crippen LogP contribution is -1.95. The Balaban J connectivity index is 1.68. The zero-order chi connectivity index (χ0) is 20.1. The molecule has 0 fully saturated rings. The molecule has 0 saturated heterocycles. The molecule has 0 bridgehead atoms. The SMILES string of the molecule is COc1ccc(-c2cc(-c3ccccc3)nc(SCc3ccc(C)cc3)n2)cc1. The number of methoxy groups -OCH3 is 1. The molecule has 4 aromatic rings. The summed E-state index contributed by atoms with van der Waals surface area (Å²) in [5, 5.41) is 0.776. The molecular formula is C25H22N2OS. The van der Waals surface area contributed by atoms with Gasteiger partial charge in [-0.2, -0.15) is 0 Å². The Morgan fingerprint density at radius 2 is 1.38 bits per heavy atom. The van der Waals surface area contributed by atoms with Crippen LogP contribution in [-0.4, -0.2) is 17.1 Å². The van der Waals surface area contributed by atoms with E-state index in [-0.39, 0.29) is 0 Å². The van der Waals surface area contributed by atoms with Crippen molar-refractivity contribution in [2.24, 2.45) is 0 Å². The lowest BCUT2D eigenvalue weighted by molar-refractivity contribution is 0.415. The van der Waals surface area contributed by atoms with Crippen LogP contribution in [0.5, 0.6) is 5.75 Å². The zero-order valence-electron chi connectivity index (χ0n) is 16.5. The van der Waals surface area contributed by atoms with Crippen LogP contribution in [0.3, 0.4) is 0 Å². The lowest BCUT2D eigenvalue weighted by Gasteiger charge is -2.09. The third kappa shape index (κ3) is 4.84. The first-order valence-electron chi connectivity index (χ1n) is 9.48. The van der Waals surface area contributed by atoms with Crippen molar-refractivity contribution in [3.63, 3.8) is 0 Å². The highest BCUT2D eigenvalue weighted by atomic mass is 32.2. The Labute approximate surface area is 175 Å². The molecule has 4 rings (SSSR count). The van der Waals surface area contributed by atoms with Gasteiger partial charge in [-0.1, -0.05) is 71.9 Å². The van der Waals surface area contributed by atoms with Crippen molar-refractivity contribution in [3.05, 3.63) is 96.1 Å². The molecular weight excluding hydrogens is 376 g/mol. The molecule has 0 spiro atoms. The molecule has 4 heteroatoms. The maximum absolute atomic E-state index is 5.28. The van der Waals surface area contributed by atoms with Crippen LogP contribution in [0.1, 0.15) is 11.1 Å². The minimum Gasteiger partial charge on any atom is -0.497 e. The Hall–Kier alpha value is -3.11. The number of ether oxygens (including phenoxy) is 1. The molecule has 0 atom stereocenters. The first-order valence-corrected chi connectivity index (χ1v) is 10.5. The van der Waals surface area contributed by atoms with Gasteiger partial charge >= 0.3 is 0 Å². The smallest absolute Gasteiger partial charge is 0.189 e. The lowest BCUT2D eigenvalue weighted by atomic mass is 10.1. The van der Waals surface area contributed by atoms with E-state index in [4.69, 9.17) is 14.7 Å². The van der Waals surface area contributed by atoms with Gasteiger partial charge in [0.15, 0.2) is 5.16 Å². The normalized spacial score (nSPS) is 10.7. The molecule has 3 aromatic carbocycles. The first kappa shape index (κ1) is 19.2. The van der Waals surface area contributed by atoms with E-state index in [1.54, 1.807) is 18.9 Å². The predicted octanol–water partition coefficient (Wildman–Crippen LogP) is 6.42. The number of nitrogens with zero attached hydrogens (tertiary/aromatic N) is 2. The van der Waals surface area contributed by atoms with Crippen LogP contribution in [0.15, 0.2) is 90.1 Å². The van der Waals surface area contributed by atoms with Gasteiger partial charge in [0.2, 0.25) is 0 Å². The van der Waals surface area contributed by atoms with Crippen molar-refractivity contribution in [1.82, 2.24) is 9.97 Å². The van der Waals surface area contributed by atoms with Gasteiger partial charge in [0.1, 0.15) is 5.75 Å². The third-order valence-corrected chi connectivity index (χ3v) is 5.57. The summed E-state index contributed by atoms with van der Waals surface area (Å²) in [5.74, 6) is 1.67. The number of aryl methyl sites for hydroxylation is 1. The molecule has 0 N–H and O–H groups in total. The van der Waals surface area contributed by atoms with E-state index in [0.29, 0.717) is 0 Å². The number of aromatic nitrogens is 2. The standard InChI is InChI=1S/C25H22N2OS/c1-18-8-10-19(11-9-18)17-29-25-26-23(20-6-4-3-5-7-20)16-24(27-25)21-12-14-22(28-2)15-13-21/h3-16H,17H2,1-2H3. The Bertz CT molecular complexity index is 1080. The molecule has 0 amide bonds. The average Bonchev–Trinajstić information content (AvgIpc) is 2.79. The Morgan fingerprint density at radius 3 is 2.00 bits per heavy atom. The van der Waals surface area contributed by atoms with Crippen LogP contribution in [0.2, 0.25) is 0 Å². The second kappa shape index (κ2) is 8.93. The largest absolute Gasteiger partial charge is 0.497 e. The Kier molecular flexibility index (Phi) is 5.92. The van der Waals surface area contributed by atoms with E-state index in [2.05, 4.69) is 43.3 Å². The van der Waals surface area contributed by atoms with Crippen LogP contribution < -0.4 is 4.74 Å². The first-order chi connectivity index (χ1) is 14.2. The molecule has 0 unspecified atom stereocenters. The van der Waals surface area contributed by atoms with Crippen LogP contribution >= 0.6 is 11.8 Å². The topological polar surface area (TPSA) is 35.0 Å². The second-order valence-electron chi connectivity index (χ2n) is 6.79. The summed E-state index contributed by atoms with van der Waals surface area (Å²) in [6.07, 6.45) is 0. The molecule has 1 heterocycles. The number of benzene rings is 3. The van der Waals surface area contributed by atoms with Crippen molar-refractivity contribution in [3.8, 4) is 28.3 Å². The molecule has 144 valence electrons. The van der Waals surface area contributed by atoms with Crippen molar-refractivity contribution >= 4 is 11.8 Å². The van der Waals surface area contributed by atoms with E-state index in [1.807, 2.05) is 48.5 Å². The maximum atomic E-state index is 5.28. The predicted molar refractivity (Wildman–Crippen MR) is 120 cm³/mol. The highest BCUT2D eigenvalue weighted by Crippen LogP contribution is 2.29. The van der Waals surface area contributed by atoms with Crippen LogP contribution in [0.4, 0.5) is 0 Å². The number of hydrogen-bond donors (Lipinski definition) is 0. The molecule has 29 heavy (non-hydrogen) atoms. The van der Waals surface area contributed by atoms with Crippen molar-refractivity contribution in [1.29, 1.82) is 0 Å². The van der Waals surface area contributed by atoms with Gasteiger partial charge in [0, 0.05) is 16.9 Å². The minimum absolute atomic E-state index is 0.776. The highest BCUT2D eigenvalue weighted by molar-refractivity contribution is 7.98. The van der Waals surface area contributed by atoms with Crippen LogP contribution in [0, 0.1) is 6.92 Å². The van der Waals surface area contributed by atoms with Crippen molar-refractivity contribution < 1.29 is 4.74 Å². The highest BCUT2D eigenvalue weighted by Gasteiger charge is 2.10. The number of rotatable bonds is 6. The van der Waals surface area contributed by atoms with Gasteiger partial charge in [-0.15, -0.1) is 0 Å². The summed E-state index contributed by atoms with van der Waals surface area (Å²) in [4.78, 5) is 9.65. The Morgan fingerprint density at radius 1 is 0.759 bits per heavy atom. The monoisotopic (exact) mass is 398 g/mol. The fraction of sp³-hybridized carbons (Fsp3) is 0.120. The fourth-order valence-corrected chi connectivity index (χ4v) is 3.80. The van der Waals surface area contributed by atoms with E-state index in [1.165, 1.54) is 11.1 Å². The van der Waals surface area contributed by atoms with Crippen LogP contribution in [-0.2, 0) is 5.75 Å². The summed E-state index contributed by atoms with van der Waals surface area (Å²) in [6, 6.07) is 28.9. The van der Waals surface area contributed by atoms with Gasteiger partial charge in [0.05, 0.1) is 18.5 Å². The molecule has 0 aliphatic heterocycles. The van der Waals surface area contributed by atoms with Gasteiger partial charge in [-0.25, -0.2) is 9.97 Å². The summed E-state index contributed by atoms with van der Waals surface area (Å²) in [5.41, 5.74) is 6.50. The van der Waals surface area contributed by atoms with E-state index >= 15 is 0 Å². The van der Waals surface area contributed by atoms with Crippen molar-refractivity contribution in [2.45, 2.75) is 17.8 Å². The minimum atomic E-state index is 0.776. The molecule has 0 aliphatic rings. The van der Waals surface area contributed by atoms with Crippen molar-refractivity contribution in [2.75, 3.05) is 7.11 Å². The van der Waals surface area contributed by atoms with Gasteiger partial charge in [-0.05, 0) is 42.8 Å². The van der Waals surface area contributed by atoms with E-state index < -0.39 is 0 Å². The van der Waals surface area contributed by atoms with Crippen LogP contribution in [0.25, 0.3) is 22.5 Å². The second-order valence-corrected chi connectivity index (χ2v) is 7.73. The maximum Gasteiger partial charge on any atom is 0.189 e. The zero-order valence-corrected chi connectivity index (χ0v) is 17.3. The fourth-order valence-electron chi connectivity index (χ4n) is 2.99. The third-order valence-electron chi connectivity index (χ3n) is 4.65. The van der Waals surface area contributed by atoms with Gasteiger partial charge in [0.25, 0.3) is 0 Å².